The summed E-state index contributed by atoms with van der Waals surface area (Å²) >= 11 is 0. The van der Waals surface area contributed by atoms with Crippen LogP contribution >= 0.6 is 0 Å². The molecular formula is C23H24O14. The van der Waals surface area contributed by atoms with Crippen molar-refractivity contribution in [2.24, 2.45) is 0 Å². The molecule has 0 amide bonds. The van der Waals surface area contributed by atoms with Crippen LogP contribution in [0.15, 0.2) is 24.3 Å². The van der Waals surface area contributed by atoms with Gasteiger partial charge in [-0.3, -0.25) is 9.59 Å². The lowest BCUT2D eigenvalue weighted by Crippen LogP contribution is -2.60. The van der Waals surface area contributed by atoms with Gasteiger partial charge >= 0.3 is 5.97 Å². The van der Waals surface area contributed by atoms with Crippen molar-refractivity contribution in [3.8, 4) is 34.5 Å². The van der Waals surface area contributed by atoms with E-state index in [1.807, 2.05) is 0 Å². The molecule has 4 rings (SSSR count). The molecule has 200 valence electrons. The van der Waals surface area contributed by atoms with Crippen LogP contribution in [0.1, 0.15) is 28.9 Å². The van der Waals surface area contributed by atoms with Crippen LogP contribution in [0.25, 0.3) is 0 Å². The molecule has 1 fully saturated rings. The molecule has 2 aromatic carbocycles. The molecular weight excluding hydrogens is 500 g/mol. The Morgan fingerprint density at radius 1 is 0.919 bits per heavy atom. The van der Waals surface area contributed by atoms with Crippen molar-refractivity contribution in [1.82, 2.24) is 0 Å². The molecule has 2 aliphatic rings. The molecule has 2 aliphatic heterocycles. The zero-order chi connectivity index (χ0) is 27.2. The largest absolute Gasteiger partial charge is 0.508 e. The standard InChI is InChI=1S/C23H24O14/c1-7(24)34-6-14-17(30)19(32)20(33)23(36-14)37-22-18(31)15-10(26)4-9(25)5-13(15)35-21(22)8-2-11(27)16(29)12(28)3-8/h2-5,14,17,19-23,25-30,32-33H,6H2,1H3/t14-,17+,19+,20-,21+,22+,23-/m1/s1. The molecule has 2 heterocycles. The van der Waals surface area contributed by atoms with Crippen molar-refractivity contribution in [1.29, 1.82) is 0 Å². The fourth-order valence-corrected chi connectivity index (χ4v) is 4.08. The van der Waals surface area contributed by atoms with Gasteiger partial charge in [-0.25, -0.2) is 0 Å². The lowest BCUT2D eigenvalue weighted by Gasteiger charge is -2.42. The van der Waals surface area contributed by atoms with Gasteiger partial charge in [0.1, 0.15) is 53.8 Å². The summed E-state index contributed by atoms with van der Waals surface area (Å²) in [5.74, 6) is -5.46. The van der Waals surface area contributed by atoms with Crippen molar-refractivity contribution < 1.29 is 69.4 Å². The van der Waals surface area contributed by atoms with Gasteiger partial charge in [0.25, 0.3) is 0 Å². The predicted molar refractivity (Wildman–Crippen MR) is 117 cm³/mol. The number of phenolic OH excluding ortho intramolecular Hbond substituents is 5. The van der Waals surface area contributed by atoms with E-state index in [1.54, 1.807) is 0 Å². The fourth-order valence-electron chi connectivity index (χ4n) is 4.08. The first kappa shape index (κ1) is 26.2. The number of carbonyl (C=O) groups is 2. The summed E-state index contributed by atoms with van der Waals surface area (Å²) in [6.45, 7) is 0.572. The highest BCUT2D eigenvalue weighted by molar-refractivity contribution is 6.05. The van der Waals surface area contributed by atoms with Crippen molar-refractivity contribution in [2.75, 3.05) is 6.61 Å². The number of benzene rings is 2. The Morgan fingerprint density at radius 2 is 1.57 bits per heavy atom. The maximum atomic E-state index is 13.5. The van der Waals surface area contributed by atoms with Gasteiger partial charge in [-0.2, -0.15) is 0 Å². The second-order valence-corrected chi connectivity index (χ2v) is 8.52. The minimum absolute atomic E-state index is 0.109. The number of fused-ring (bicyclic) bond motifs is 1. The maximum Gasteiger partial charge on any atom is 0.302 e. The Balaban J connectivity index is 1.73. The van der Waals surface area contributed by atoms with Gasteiger partial charge in [0.05, 0.1) is 0 Å². The van der Waals surface area contributed by atoms with Gasteiger partial charge in [0.2, 0.25) is 5.78 Å². The maximum absolute atomic E-state index is 13.5. The second-order valence-electron chi connectivity index (χ2n) is 8.52. The first-order chi connectivity index (χ1) is 17.4. The van der Waals surface area contributed by atoms with Crippen molar-refractivity contribution in [3.63, 3.8) is 0 Å². The summed E-state index contributed by atoms with van der Waals surface area (Å²) in [6.07, 6.45) is -11.9. The van der Waals surface area contributed by atoms with E-state index in [1.165, 1.54) is 0 Å². The average molecular weight is 524 g/mol. The number of carbonyl (C=O) groups excluding carboxylic acids is 2. The van der Waals surface area contributed by atoms with Gasteiger partial charge < -0.3 is 59.8 Å². The van der Waals surface area contributed by atoms with Gasteiger partial charge in [-0.15, -0.1) is 0 Å². The highest BCUT2D eigenvalue weighted by Crippen LogP contribution is 2.46. The molecule has 0 aromatic heterocycles. The molecule has 0 spiro atoms. The van der Waals surface area contributed by atoms with E-state index in [2.05, 4.69) is 0 Å². The monoisotopic (exact) mass is 524 g/mol. The first-order valence-corrected chi connectivity index (χ1v) is 10.9. The second kappa shape index (κ2) is 9.91. The van der Waals surface area contributed by atoms with Crippen LogP contribution in [-0.2, 0) is 19.0 Å². The predicted octanol–water partition coefficient (Wildman–Crippen LogP) is -0.713. The number of rotatable bonds is 5. The fraction of sp³-hybridized carbons (Fsp3) is 0.391. The molecule has 8 N–H and O–H groups in total. The number of aliphatic hydroxyl groups is 3. The summed E-state index contributed by atoms with van der Waals surface area (Å²) < 4.78 is 21.7. The minimum atomic E-state index is -1.91. The lowest BCUT2D eigenvalue weighted by atomic mass is 9.91. The molecule has 0 radical (unpaired) electrons. The number of aliphatic hydroxyl groups excluding tert-OH is 3. The van der Waals surface area contributed by atoms with Crippen molar-refractivity contribution in [2.45, 2.75) is 49.8 Å². The Bertz CT molecular complexity index is 1190. The highest BCUT2D eigenvalue weighted by atomic mass is 16.7. The van der Waals surface area contributed by atoms with Gasteiger partial charge in [-0.05, 0) is 12.1 Å². The van der Waals surface area contributed by atoms with Gasteiger partial charge in [-0.1, -0.05) is 0 Å². The number of Topliss-reactive ketones (excluding diaryl/α,β-unsaturated/α-hetero) is 1. The number of ketones is 1. The third kappa shape index (κ3) is 4.92. The van der Waals surface area contributed by atoms with Crippen LogP contribution < -0.4 is 4.74 Å². The van der Waals surface area contributed by atoms with E-state index >= 15 is 0 Å². The molecule has 0 unspecified atom stereocenters. The van der Waals surface area contributed by atoms with Crippen LogP contribution in [-0.4, -0.2) is 96.0 Å². The number of aromatic hydroxyl groups is 5. The smallest absolute Gasteiger partial charge is 0.302 e. The summed E-state index contributed by atoms with van der Waals surface area (Å²) in [6, 6.07) is 3.81. The van der Waals surface area contributed by atoms with Crippen LogP contribution in [0.5, 0.6) is 34.5 Å². The lowest BCUT2D eigenvalue weighted by molar-refractivity contribution is -0.312. The molecule has 0 saturated carbocycles. The van der Waals surface area contributed by atoms with Crippen LogP contribution in [0, 0.1) is 0 Å². The number of phenols is 5. The van der Waals surface area contributed by atoms with Gasteiger partial charge in [0, 0.05) is 24.6 Å². The third-order valence-corrected chi connectivity index (χ3v) is 5.92. The van der Waals surface area contributed by atoms with E-state index in [9.17, 15) is 50.4 Å². The van der Waals surface area contributed by atoms with E-state index < -0.39 is 95.6 Å². The summed E-state index contributed by atoms with van der Waals surface area (Å²) in [4.78, 5) is 24.6. The molecule has 14 heteroatoms. The van der Waals surface area contributed by atoms with E-state index in [4.69, 9.17) is 18.9 Å². The molecule has 37 heavy (non-hydrogen) atoms. The van der Waals surface area contributed by atoms with Gasteiger partial charge in [0.15, 0.2) is 35.7 Å². The zero-order valence-corrected chi connectivity index (χ0v) is 19.1. The number of ether oxygens (including phenoxy) is 4. The SMILES string of the molecule is CC(=O)OC[C@H]1O[C@H](O[C@H]2C(=O)c3c(O)cc(O)cc3O[C@H]2c2cc(O)c(O)c(O)c2)[C@H](O)[C@@H](O)[C@H]1O. The molecule has 0 aliphatic carbocycles. The highest BCUT2D eigenvalue weighted by Gasteiger charge is 2.49. The van der Waals surface area contributed by atoms with E-state index in [0.717, 1.165) is 31.2 Å². The quantitative estimate of drug-likeness (QED) is 0.178. The molecule has 0 bridgehead atoms. The normalized spacial score (nSPS) is 29.3. The number of hydrogen-bond donors (Lipinski definition) is 8. The van der Waals surface area contributed by atoms with Crippen molar-refractivity contribution in [3.05, 3.63) is 35.4 Å². The number of hydrogen-bond acceptors (Lipinski definition) is 14. The van der Waals surface area contributed by atoms with E-state index in [-0.39, 0.29) is 11.3 Å². The Hall–Kier alpha value is -3.82. The molecule has 14 nitrogen and oxygen atoms in total. The number of esters is 1. The summed E-state index contributed by atoms with van der Waals surface area (Å²) in [5, 5.41) is 80.7. The molecule has 1 saturated heterocycles. The first-order valence-electron chi connectivity index (χ1n) is 10.9. The average Bonchev–Trinajstić information content (AvgIpc) is 2.82. The van der Waals surface area contributed by atoms with Crippen molar-refractivity contribution >= 4 is 11.8 Å². The Kier molecular flexibility index (Phi) is 7.03. The molecule has 2 aromatic rings. The summed E-state index contributed by atoms with van der Waals surface area (Å²) in [5.41, 5.74) is -0.518. The van der Waals surface area contributed by atoms with Crippen LogP contribution in [0.3, 0.4) is 0 Å². The third-order valence-electron chi connectivity index (χ3n) is 5.92. The minimum Gasteiger partial charge on any atom is -0.508 e. The van der Waals surface area contributed by atoms with Crippen LogP contribution in [0.2, 0.25) is 0 Å². The topological polar surface area (TPSA) is 233 Å². The zero-order valence-electron chi connectivity index (χ0n) is 19.1. The summed E-state index contributed by atoms with van der Waals surface area (Å²) in [7, 11) is 0. The Morgan fingerprint density at radius 3 is 2.19 bits per heavy atom. The Labute approximate surface area is 208 Å². The molecule has 7 atom stereocenters. The van der Waals surface area contributed by atoms with Crippen LogP contribution in [0.4, 0.5) is 0 Å². The van der Waals surface area contributed by atoms with E-state index in [0.29, 0.717) is 0 Å².